The quantitative estimate of drug-likeness (QED) is 0.531. The summed E-state index contributed by atoms with van der Waals surface area (Å²) in [4.78, 5) is 18.5. The lowest BCUT2D eigenvalue weighted by Crippen LogP contribution is -2.38. The van der Waals surface area contributed by atoms with E-state index in [1.54, 1.807) is 6.07 Å². The Hall–Kier alpha value is -1.97. The van der Waals surface area contributed by atoms with Crippen molar-refractivity contribution in [1.82, 2.24) is 15.2 Å². The Labute approximate surface area is 191 Å². The van der Waals surface area contributed by atoms with Crippen LogP contribution in [0.3, 0.4) is 0 Å². The molecule has 0 unspecified atom stereocenters. The highest BCUT2D eigenvalue weighted by Crippen LogP contribution is 2.28. The van der Waals surface area contributed by atoms with Gasteiger partial charge in [0.2, 0.25) is 11.8 Å². The number of alkyl halides is 5. The molecule has 1 aliphatic heterocycles. The third kappa shape index (κ3) is 9.06. The summed E-state index contributed by atoms with van der Waals surface area (Å²) in [5.74, 6) is 0.271. The standard InChI is InChI=1S/C23H32F5N3O2/c24-20(25)15-33-22-6-3-17-9-13-31(14-10-19(17)30-22)12-8-16-1-4-18(5-2-16)29-21(32)7-11-23(26,27)28/h3,6,16,18,20H,1-2,4-5,7-15H2,(H,29,32)/t16-,18-. The molecule has 2 aliphatic rings. The molecule has 1 N–H and O–H groups in total. The van der Waals surface area contributed by atoms with Crippen LogP contribution in [-0.2, 0) is 17.6 Å². The fourth-order valence-electron chi connectivity index (χ4n) is 4.58. The van der Waals surface area contributed by atoms with Crippen molar-refractivity contribution in [3.8, 4) is 5.88 Å². The van der Waals surface area contributed by atoms with Crippen molar-refractivity contribution in [2.75, 3.05) is 26.2 Å². The molecule has 0 saturated heterocycles. The number of carbonyl (C=O) groups is 1. The topological polar surface area (TPSA) is 54.5 Å². The highest BCUT2D eigenvalue weighted by atomic mass is 19.4. The van der Waals surface area contributed by atoms with Crippen LogP contribution < -0.4 is 10.1 Å². The van der Waals surface area contributed by atoms with Crippen LogP contribution in [0.25, 0.3) is 0 Å². The Morgan fingerprint density at radius 2 is 1.88 bits per heavy atom. The molecule has 186 valence electrons. The molecule has 10 heteroatoms. The highest BCUT2D eigenvalue weighted by Gasteiger charge is 2.29. The number of ether oxygens (including phenoxy) is 1. The van der Waals surface area contributed by atoms with E-state index < -0.39 is 38.0 Å². The maximum absolute atomic E-state index is 12.3. The van der Waals surface area contributed by atoms with Crippen LogP contribution in [0.5, 0.6) is 5.88 Å². The first-order chi connectivity index (χ1) is 15.7. The molecular weight excluding hydrogens is 445 g/mol. The molecule has 0 aromatic carbocycles. The minimum Gasteiger partial charge on any atom is -0.472 e. The van der Waals surface area contributed by atoms with Crippen LogP contribution in [0.1, 0.15) is 56.2 Å². The average Bonchev–Trinajstić information content (AvgIpc) is 2.97. The summed E-state index contributed by atoms with van der Waals surface area (Å²) in [6, 6.07) is 3.54. The molecule has 1 aromatic heterocycles. The van der Waals surface area contributed by atoms with E-state index in [9.17, 15) is 26.7 Å². The van der Waals surface area contributed by atoms with E-state index in [1.165, 1.54) is 0 Å². The fourth-order valence-corrected chi connectivity index (χ4v) is 4.58. The van der Waals surface area contributed by atoms with E-state index in [2.05, 4.69) is 15.2 Å². The Morgan fingerprint density at radius 3 is 2.58 bits per heavy atom. The second-order valence-corrected chi connectivity index (χ2v) is 8.99. The smallest absolute Gasteiger partial charge is 0.389 e. The number of amides is 1. The van der Waals surface area contributed by atoms with Crippen molar-refractivity contribution in [2.45, 2.75) is 76.4 Å². The molecule has 1 aliphatic carbocycles. The number of halogens is 5. The third-order valence-electron chi connectivity index (χ3n) is 6.46. The van der Waals surface area contributed by atoms with E-state index in [4.69, 9.17) is 4.74 Å². The Morgan fingerprint density at radius 1 is 1.15 bits per heavy atom. The van der Waals surface area contributed by atoms with Crippen LogP contribution in [-0.4, -0.2) is 60.7 Å². The van der Waals surface area contributed by atoms with Gasteiger partial charge in [-0.15, -0.1) is 0 Å². The van der Waals surface area contributed by atoms with Crippen LogP contribution in [0.4, 0.5) is 22.0 Å². The van der Waals surface area contributed by atoms with E-state index >= 15 is 0 Å². The number of aromatic nitrogens is 1. The van der Waals surface area contributed by atoms with Gasteiger partial charge in [0.15, 0.2) is 6.61 Å². The van der Waals surface area contributed by atoms with Crippen molar-refractivity contribution >= 4 is 5.91 Å². The molecule has 1 saturated carbocycles. The van der Waals surface area contributed by atoms with E-state index in [1.807, 2.05) is 6.07 Å². The van der Waals surface area contributed by atoms with Gasteiger partial charge in [-0.3, -0.25) is 4.79 Å². The molecule has 3 rings (SSSR count). The number of rotatable bonds is 9. The molecule has 0 bridgehead atoms. The average molecular weight is 478 g/mol. The Bertz CT molecular complexity index is 767. The van der Waals surface area contributed by atoms with Crippen molar-refractivity contribution in [3.63, 3.8) is 0 Å². The van der Waals surface area contributed by atoms with Crippen molar-refractivity contribution in [3.05, 3.63) is 23.4 Å². The van der Waals surface area contributed by atoms with Gasteiger partial charge in [0.1, 0.15) is 0 Å². The minimum atomic E-state index is -4.30. The molecule has 2 heterocycles. The molecule has 0 spiro atoms. The fraction of sp³-hybridized carbons (Fsp3) is 0.739. The second kappa shape index (κ2) is 11.9. The number of hydrogen-bond donors (Lipinski definition) is 1. The van der Waals surface area contributed by atoms with Crippen LogP contribution in [0.15, 0.2) is 12.1 Å². The predicted molar refractivity (Wildman–Crippen MR) is 113 cm³/mol. The third-order valence-corrected chi connectivity index (χ3v) is 6.46. The van der Waals surface area contributed by atoms with Gasteiger partial charge in [-0.25, -0.2) is 13.8 Å². The molecule has 0 atom stereocenters. The van der Waals surface area contributed by atoms with Crippen LogP contribution >= 0.6 is 0 Å². The van der Waals surface area contributed by atoms with Gasteiger partial charge in [-0.1, -0.05) is 6.07 Å². The number of fused-ring (bicyclic) bond motifs is 1. The summed E-state index contributed by atoms with van der Waals surface area (Å²) >= 11 is 0. The van der Waals surface area contributed by atoms with E-state index in [0.717, 1.165) is 75.8 Å². The predicted octanol–water partition coefficient (Wildman–Crippen LogP) is 4.53. The van der Waals surface area contributed by atoms with E-state index in [0.29, 0.717) is 5.92 Å². The monoisotopic (exact) mass is 477 g/mol. The maximum Gasteiger partial charge on any atom is 0.389 e. The summed E-state index contributed by atoms with van der Waals surface area (Å²) in [5, 5.41) is 2.75. The van der Waals surface area contributed by atoms with Gasteiger partial charge in [0, 0.05) is 43.7 Å². The van der Waals surface area contributed by atoms with Gasteiger partial charge < -0.3 is 15.0 Å². The molecular formula is C23H32F5N3O2. The van der Waals surface area contributed by atoms with Crippen molar-refractivity contribution < 1.29 is 31.5 Å². The summed E-state index contributed by atoms with van der Waals surface area (Å²) in [7, 11) is 0. The molecule has 1 fully saturated rings. The van der Waals surface area contributed by atoms with Gasteiger partial charge in [0.25, 0.3) is 6.43 Å². The zero-order valence-electron chi connectivity index (χ0n) is 18.7. The first kappa shape index (κ1) is 25.6. The largest absolute Gasteiger partial charge is 0.472 e. The molecule has 0 radical (unpaired) electrons. The molecule has 1 aromatic rings. The Balaban J connectivity index is 1.35. The first-order valence-corrected chi connectivity index (χ1v) is 11.7. The summed E-state index contributed by atoms with van der Waals surface area (Å²) in [5.41, 5.74) is 2.04. The number of hydrogen-bond acceptors (Lipinski definition) is 4. The Kier molecular flexibility index (Phi) is 9.28. The van der Waals surface area contributed by atoms with Crippen LogP contribution in [0.2, 0.25) is 0 Å². The van der Waals surface area contributed by atoms with Crippen molar-refractivity contribution in [1.29, 1.82) is 0 Å². The lowest BCUT2D eigenvalue weighted by molar-refractivity contribution is -0.144. The summed E-state index contributed by atoms with van der Waals surface area (Å²) in [6.07, 6.45) is -2.23. The van der Waals surface area contributed by atoms with Gasteiger partial charge in [-0.05, 0) is 56.6 Å². The summed E-state index contributed by atoms with van der Waals surface area (Å²) < 4.78 is 66.5. The molecule has 33 heavy (non-hydrogen) atoms. The van der Waals surface area contributed by atoms with Gasteiger partial charge in [0.05, 0.1) is 6.42 Å². The van der Waals surface area contributed by atoms with Gasteiger partial charge >= 0.3 is 6.18 Å². The molecule has 1 amide bonds. The second-order valence-electron chi connectivity index (χ2n) is 8.99. The summed E-state index contributed by atoms with van der Waals surface area (Å²) in [6.45, 7) is 2.06. The lowest BCUT2D eigenvalue weighted by Gasteiger charge is -2.30. The van der Waals surface area contributed by atoms with Crippen LogP contribution in [0, 0.1) is 5.92 Å². The van der Waals surface area contributed by atoms with E-state index in [-0.39, 0.29) is 11.9 Å². The zero-order chi connectivity index (χ0) is 23.8. The first-order valence-electron chi connectivity index (χ1n) is 11.7. The maximum atomic E-state index is 12.3. The number of carbonyl (C=O) groups excluding carboxylic acids is 1. The molecule has 5 nitrogen and oxygen atoms in total. The zero-order valence-corrected chi connectivity index (χ0v) is 18.7. The van der Waals surface area contributed by atoms with Gasteiger partial charge in [-0.2, -0.15) is 13.2 Å². The minimum absolute atomic E-state index is 0.0257. The lowest BCUT2D eigenvalue weighted by atomic mass is 9.84. The number of nitrogens with zero attached hydrogens (tertiary/aromatic N) is 2. The van der Waals surface area contributed by atoms with Crippen molar-refractivity contribution in [2.24, 2.45) is 5.92 Å². The highest BCUT2D eigenvalue weighted by molar-refractivity contribution is 5.76. The normalized spacial score (nSPS) is 22.0. The number of pyridine rings is 1. The number of nitrogens with one attached hydrogen (secondary N) is 1. The SMILES string of the molecule is O=C(CCC(F)(F)F)N[C@H]1CC[C@H](CCN2CCc3ccc(OCC(F)F)nc3CC2)CC1.